The lowest BCUT2D eigenvalue weighted by molar-refractivity contribution is 0.331. The molecule has 0 atom stereocenters. The zero-order valence-corrected chi connectivity index (χ0v) is 8.61. The van der Waals surface area contributed by atoms with Gasteiger partial charge in [0.15, 0.2) is 0 Å². The van der Waals surface area contributed by atoms with E-state index in [0.29, 0.717) is 5.54 Å². The number of terminal acetylenes is 1. The second-order valence-electron chi connectivity index (χ2n) is 3.50. The Morgan fingerprint density at radius 3 is 2.33 bits per heavy atom. The summed E-state index contributed by atoms with van der Waals surface area (Å²) in [6.07, 6.45) is 9.50. The van der Waals surface area contributed by atoms with Gasteiger partial charge in [0.1, 0.15) is 0 Å². The molecule has 0 aliphatic rings. The zero-order valence-electron chi connectivity index (χ0n) is 8.61. The largest absolute Gasteiger partial charge is 0.312 e. The van der Waals surface area contributed by atoms with Crippen LogP contribution in [0.5, 0.6) is 0 Å². The molecule has 12 heavy (non-hydrogen) atoms. The normalized spacial score (nSPS) is 11.2. The first-order valence-corrected chi connectivity index (χ1v) is 4.87. The summed E-state index contributed by atoms with van der Waals surface area (Å²) in [7, 11) is 0. The molecule has 0 heterocycles. The van der Waals surface area contributed by atoms with Gasteiger partial charge in [0, 0.05) is 12.0 Å². The Hall–Kier alpha value is -0.480. The third kappa shape index (κ3) is 4.41. The van der Waals surface area contributed by atoms with Gasteiger partial charge >= 0.3 is 0 Å². The standard InChI is InChI=1S/C11H21N/c1-5-8-9-10-12-11(4,6-2)7-3/h1,12H,6-10H2,2-4H3. The minimum absolute atomic E-state index is 0.314. The first-order valence-electron chi connectivity index (χ1n) is 4.87. The van der Waals surface area contributed by atoms with Gasteiger partial charge in [-0.05, 0) is 32.7 Å². The molecule has 0 radical (unpaired) electrons. The number of hydrogen-bond acceptors (Lipinski definition) is 1. The van der Waals surface area contributed by atoms with E-state index in [0.717, 1.165) is 19.4 Å². The summed E-state index contributed by atoms with van der Waals surface area (Å²) in [6, 6.07) is 0. The Balaban J connectivity index is 3.53. The van der Waals surface area contributed by atoms with E-state index in [1.54, 1.807) is 0 Å². The molecule has 0 fully saturated rings. The fraction of sp³-hybridized carbons (Fsp3) is 0.818. The summed E-state index contributed by atoms with van der Waals surface area (Å²) in [5.41, 5.74) is 0.314. The van der Waals surface area contributed by atoms with Crippen LogP contribution in [0.15, 0.2) is 0 Å². The van der Waals surface area contributed by atoms with Crippen molar-refractivity contribution in [3.8, 4) is 12.3 Å². The summed E-state index contributed by atoms with van der Waals surface area (Å²) >= 11 is 0. The molecule has 0 unspecified atom stereocenters. The molecule has 0 spiro atoms. The fourth-order valence-corrected chi connectivity index (χ4v) is 1.08. The maximum Gasteiger partial charge on any atom is 0.0148 e. The van der Waals surface area contributed by atoms with Crippen LogP contribution in [0.1, 0.15) is 46.5 Å². The highest BCUT2D eigenvalue weighted by Crippen LogP contribution is 2.12. The summed E-state index contributed by atoms with van der Waals surface area (Å²) in [6.45, 7) is 7.75. The summed E-state index contributed by atoms with van der Waals surface area (Å²) in [4.78, 5) is 0. The minimum Gasteiger partial charge on any atom is -0.312 e. The van der Waals surface area contributed by atoms with E-state index >= 15 is 0 Å². The first kappa shape index (κ1) is 11.5. The number of nitrogens with one attached hydrogen (secondary N) is 1. The fourth-order valence-electron chi connectivity index (χ4n) is 1.08. The van der Waals surface area contributed by atoms with Crippen molar-refractivity contribution in [2.24, 2.45) is 0 Å². The van der Waals surface area contributed by atoms with Gasteiger partial charge in [0.25, 0.3) is 0 Å². The molecule has 0 bridgehead atoms. The van der Waals surface area contributed by atoms with E-state index in [-0.39, 0.29) is 0 Å². The van der Waals surface area contributed by atoms with Gasteiger partial charge in [-0.2, -0.15) is 0 Å². The van der Waals surface area contributed by atoms with Gasteiger partial charge in [-0.3, -0.25) is 0 Å². The SMILES string of the molecule is C#CCCCNC(C)(CC)CC. The van der Waals surface area contributed by atoms with E-state index in [4.69, 9.17) is 6.42 Å². The molecule has 0 aromatic rings. The van der Waals surface area contributed by atoms with Crippen molar-refractivity contribution in [3.63, 3.8) is 0 Å². The molecule has 70 valence electrons. The van der Waals surface area contributed by atoms with Crippen molar-refractivity contribution in [1.82, 2.24) is 5.32 Å². The highest BCUT2D eigenvalue weighted by atomic mass is 15.0. The molecule has 1 N–H and O–H groups in total. The summed E-state index contributed by atoms with van der Waals surface area (Å²) in [5.74, 6) is 2.65. The summed E-state index contributed by atoms with van der Waals surface area (Å²) < 4.78 is 0. The van der Waals surface area contributed by atoms with Gasteiger partial charge in [-0.1, -0.05) is 13.8 Å². The van der Waals surface area contributed by atoms with Gasteiger partial charge < -0.3 is 5.32 Å². The molecular weight excluding hydrogens is 146 g/mol. The number of rotatable bonds is 6. The first-order chi connectivity index (χ1) is 5.68. The Labute approximate surface area is 76.9 Å². The van der Waals surface area contributed by atoms with Crippen LogP contribution in [0.3, 0.4) is 0 Å². The third-order valence-electron chi connectivity index (χ3n) is 2.61. The average Bonchev–Trinajstić information content (AvgIpc) is 2.12. The van der Waals surface area contributed by atoms with Crippen LogP contribution in [-0.4, -0.2) is 12.1 Å². The number of unbranched alkanes of at least 4 members (excludes halogenated alkanes) is 1. The lowest BCUT2D eigenvalue weighted by Gasteiger charge is -2.28. The second kappa shape index (κ2) is 6.08. The monoisotopic (exact) mass is 167 g/mol. The van der Waals surface area contributed by atoms with Crippen molar-refractivity contribution in [2.45, 2.75) is 52.0 Å². The van der Waals surface area contributed by atoms with Crippen LogP contribution in [-0.2, 0) is 0 Å². The molecule has 1 heteroatoms. The zero-order chi connectivity index (χ0) is 9.45. The molecule has 0 aliphatic carbocycles. The van der Waals surface area contributed by atoms with E-state index < -0.39 is 0 Å². The highest BCUT2D eigenvalue weighted by molar-refractivity contribution is 4.85. The van der Waals surface area contributed by atoms with Crippen molar-refractivity contribution in [2.75, 3.05) is 6.54 Å². The van der Waals surface area contributed by atoms with Crippen LogP contribution in [0.25, 0.3) is 0 Å². The quantitative estimate of drug-likeness (QED) is 0.473. The molecule has 0 rings (SSSR count). The predicted molar refractivity (Wildman–Crippen MR) is 55.1 cm³/mol. The van der Waals surface area contributed by atoms with Crippen LogP contribution in [0, 0.1) is 12.3 Å². The molecular formula is C11H21N. The van der Waals surface area contributed by atoms with E-state index in [1.165, 1.54) is 12.8 Å². The van der Waals surface area contributed by atoms with Crippen LogP contribution in [0.4, 0.5) is 0 Å². The smallest absolute Gasteiger partial charge is 0.0148 e. The van der Waals surface area contributed by atoms with Crippen molar-refractivity contribution in [3.05, 3.63) is 0 Å². The average molecular weight is 167 g/mol. The molecule has 0 aromatic heterocycles. The Kier molecular flexibility index (Phi) is 5.84. The van der Waals surface area contributed by atoms with Gasteiger partial charge in [-0.15, -0.1) is 12.3 Å². The van der Waals surface area contributed by atoms with Gasteiger partial charge in [-0.25, -0.2) is 0 Å². The minimum atomic E-state index is 0.314. The molecule has 0 aromatic carbocycles. The van der Waals surface area contributed by atoms with Crippen LogP contribution in [0.2, 0.25) is 0 Å². The second-order valence-corrected chi connectivity index (χ2v) is 3.50. The van der Waals surface area contributed by atoms with Crippen molar-refractivity contribution in [1.29, 1.82) is 0 Å². The Morgan fingerprint density at radius 1 is 1.33 bits per heavy atom. The van der Waals surface area contributed by atoms with E-state index in [9.17, 15) is 0 Å². The molecule has 0 aliphatic heterocycles. The molecule has 0 saturated carbocycles. The van der Waals surface area contributed by atoms with E-state index in [2.05, 4.69) is 32.0 Å². The number of hydrogen-bond donors (Lipinski definition) is 1. The summed E-state index contributed by atoms with van der Waals surface area (Å²) in [5, 5.41) is 3.53. The van der Waals surface area contributed by atoms with Crippen molar-refractivity contribution < 1.29 is 0 Å². The molecule has 0 saturated heterocycles. The van der Waals surface area contributed by atoms with Crippen LogP contribution < -0.4 is 5.32 Å². The van der Waals surface area contributed by atoms with Crippen molar-refractivity contribution >= 4 is 0 Å². The lowest BCUT2D eigenvalue weighted by Crippen LogP contribution is -2.41. The highest BCUT2D eigenvalue weighted by Gasteiger charge is 2.17. The Morgan fingerprint density at radius 2 is 1.92 bits per heavy atom. The maximum atomic E-state index is 5.17. The topological polar surface area (TPSA) is 12.0 Å². The van der Waals surface area contributed by atoms with Crippen LogP contribution >= 0.6 is 0 Å². The maximum absolute atomic E-state index is 5.17. The van der Waals surface area contributed by atoms with E-state index in [1.807, 2.05) is 0 Å². The Bertz CT molecular complexity index is 140. The molecule has 1 nitrogen and oxygen atoms in total. The van der Waals surface area contributed by atoms with Gasteiger partial charge in [0.2, 0.25) is 0 Å². The third-order valence-corrected chi connectivity index (χ3v) is 2.61. The van der Waals surface area contributed by atoms with Gasteiger partial charge in [0.05, 0.1) is 0 Å². The molecule has 0 amide bonds. The predicted octanol–water partition coefficient (Wildman–Crippen LogP) is 2.57. The lowest BCUT2D eigenvalue weighted by atomic mass is 9.95.